The molecule has 0 aliphatic carbocycles. The lowest BCUT2D eigenvalue weighted by molar-refractivity contribution is 0.0406. The van der Waals surface area contributed by atoms with Crippen LogP contribution in [0.4, 0.5) is 9.18 Å². The third-order valence-electron chi connectivity index (χ3n) is 1.18. The molecule has 1 fully saturated rings. The van der Waals surface area contributed by atoms with Crippen LogP contribution in [0, 0.1) is 0 Å². The molecule has 1 rings (SSSR count). The molecule has 1 aliphatic rings. The Bertz CT molecular complexity index is 139. The number of hydrogen-bond acceptors (Lipinski definition) is 4. The number of carbonyl (C=O) groups is 1. The van der Waals surface area contributed by atoms with Gasteiger partial charge in [0.15, 0.2) is 6.10 Å². The van der Waals surface area contributed by atoms with Crippen molar-refractivity contribution in [2.75, 3.05) is 26.5 Å². The van der Waals surface area contributed by atoms with E-state index in [0.717, 1.165) is 0 Å². The average Bonchev–Trinajstić information content (AvgIpc) is 2.37. The number of alkyl halides is 1. The molecule has 0 amide bonds. The van der Waals surface area contributed by atoms with Gasteiger partial charge in [-0.25, -0.2) is 9.18 Å². The normalized spacial score (nSPS) is 23.0. The van der Waals surface area contributed by atoms with E-state index in [1.165, 1.54) is 0 Å². The van der Waals surface area contributed by atoms with Crippen LogP contribution >= 0.6 is 0 Å². The Balaban J connectivity index is 2.04. The zero-order chi connectivity index (χ0) is 8.10. The summed E-state index contributed by atoms with van der Waals surface area (Å²) in [6.07, 6.45) is -1.05. The van der Waals surface area contributed by atoms with Gasteiger partial charge in [-0.3, -0.25) is 0 Å². The van der Waals surface area contributed by atoms with E-state index in [-0.39, 0.29) is 25.9 Å². The first-order valence-electron chi connectivity index (χ1n) is 3.30. The van der Waals surface area contributed by atoms with Crippen LogP contribution in [0.3, 0.4) is 0 Å². The Labute approximate surface area is 63.2 Å². The summed E-state index contributed by atoms with van der Waals surface area (Å²) in [5.74, 6) is 0. The smallest absolute Gasteiger partial charge is 0.430 e. The summed E-state index contributed by atoms with van der Waals surface area (Å²) in [4.78, 5) is 10.3. The van der Waals surface area contributed by atoms with Crippen molar-refractivity contribution in [3.05, 3.63) is 0 Å². The summed E-state index contributed by atoms with van der Waals surface area (Å²) in [6.45, 7) is -0.0870. The van der Waals surface area contributed by atoms with Crippen molar-refractivity contribution >= 4 is 6.16 Å². The maximum Gasteiger partial charge on any atom is 0.508 e. The summed E-state index contributed by atoms with van der Waals surface area (Å²) in [7, 11) is 0. The monoisotopic (exact) mass is 164 g/mol. The average molecular weight is 164 g/mol. The Kier molecular flexibility index (Phi) is 3.10. The van der Waals surface area contributed by atoms with Crippen LogP contribution in [-0.4, -0.2) is 38.8 Å². The van der Waals surface area contributed by atoms with Crippen LogP contribution in [0.2, 0.25) is 0 Å². The largest absolute Gasteiger partial charge is 0.508 e. The molecule has 0 spiro atoms. The van der Waals surface area contributed by atoms with Crippen molar-refractivity contribution in [1.29, 1.82) is 0 Å². The standard InChI is InChI=1S/C6H9FO4/c7-1-2-9-3-5-4-10-6(8)11-5/h5H,1-4H2. The van der Waals surface area contributed by atoms with Gasteiger partial charge < -0.3 is 14.2 Å². The quantitative estimate of drug-likeness (QED) is 0.448. The van der Waals surface area contributed by atoms with Crippen molar-refractivity contribution < 1.29 is 23.4 Å². The molecule has 0 bridgehead atoms. The van der Waals surface area contributed by atoms with E-state index in [9.17, 15) is 9.18 Å². The fourth-order valence-corrected chi connectivity index (χ4v) is 0.717. The molecule has 1 aliphatic heterocycles. The van der Waals surface area contributed by atoms with E-state index < -0.39 is 12.8 Å². The summed E-state index contributed by atoms with van der Waals surface area (Å²) in [5, 5.41) is 0. The van der Waals surface area contributed by atoms with Crippen LogP contribution in [0.25, 0.3) is 0 Å². The molecule has 64 valence electrons. The van der Waals surface area contributed by atoms with E-state index in [0.29, 0.717) is 0 Å². The molecule has 0 saturated carbocycles. The zero-order valence-electron chi connectivity index (χ0n) is 5.92. The molecule has 1 saturated heterocycles. The van der Waals surface area contributed by atoms with Crippen molar-refractivity contribution in [2.24, 2.45) is 0 Å². The van der Waals surface area contributed by atoms with Crippen LogP contribution in [0.15, 0.2) is 0 Å². The van der Waals surface area contributed by atoms with Gasteiger partial charge in [0.2, 0.25) is 0 Å². The molecular formula is C6H9FO4. The number of ether oxygens (including phenoxy) is 3. The topological polar surface area (TPSA) is 44.8 Å². The third kappa shape index (κ3) is 2.71. The van der Waals surface area contributed by atoms with E-state index in [2.05, 4.69) is 9.47 Å². The van der Waals surface area contributed by atoms with Crippen molar-refractivity contribution in [1.82, 2.24) is 0 Å². The Morgan fingerprint density at radius 1 is 1.73 bits per heavy atom. The summed E-state index contributed by atoms with van der Waals surface area (Å²) >= 11 is 0. The zero-order valence-corrected chi connectivity index (χ0v) is 5.92. The molecule has 1 atom stereocenters. The van der Waals surface area contributed by atoms with Gasteiger partial charge in [-0.15, -0.1) is 0 Å². The second-order valence-electron chi connectivity index (χ2n) is 2.06. The highest BCUT2D eigenvalue weighted by Gasteiger charge is 2.24. The number of rotatable bonds is 4. The minimum absolute atomic E-state index is 0.0358. The van der Waals surface area contributed by atoms with Gasteiger partial charge in [0, 0.05) is 0 Å². The number of halogens is 1. The van der Waals surface area contributed by atoms with Crippen molar-refractivity contribution in [3.8, 4) is 0 Å². The predicted molar refractivity (Wildman–Crippen MR) is 33.0 cm³/mol. The summed E-state index contributed by atoms with van der Waals surface area (Å²) in [5.41, 5.74) is 0. The Morgan fingerprint density at radius 3 is 3.09 bits per heavy atom. The third-order valence-corrected chi connectivity index (χ3v) is 1.18. The lowest BCUT2D eigenvalue weighted by Crippen LogP contribution is -2.18. The van der Waals surface area contributed by atoms with Gasteiger partial charge in [-0.1, -0.05) is 0 Å². The fourth-order valence-electron chi connectivity index (χ4n) is 0.717. The predicted octanol–water partition coefficient (Wildman–Crippen LogP) is 0.508. The van der Waals surface area contributed by atoms with Gasteiger partial charge >= 0.3 is 6.16 Å². The Morgan fingerprint density at radius 2 is 2.55 bits per heavy atom. The van der Waals surface area contributed by atoms with Gasteiger partial charge in [0.25, 0.3) is 0 Å². The van der Waals surface area contributed by atoms with Crippen LogP contribution in [0.5, 0.6) is 0 Å². The van der Waals surface area contributed by atoms with Crippen LogP contribution in [-0.2, 0) is 14.2 Å². The number of carbonyl (C=O) groups excluding carboxylic acids is 1. The lowest BCUT2D eigenvalue weighted by atomic mass is 10.4. The highest BCUT2D eigenvalue weighted by atomic mass is 19.1. The second kappa shape index (κ2) is 4.12. The van der Waals surface area contributed by atoms with Gasteiger partial charge in [-0.2, -0.15) is 0 Å². The highest BCUT2D eigenvalue weighted by Crippen LogP contribution is 2.05. The molecule has 0 radical (unpaired) electrons. The minimum atomic E-state index is -0.682. The van der Waals surface area contributed by atoms with Crippen LogP contribution < -0.4 is 0 Å². The Hall–Kier alpha value is -0.840. The molecule has 4 nitrogen and oxygen atoms in total. The van der Waals surface area contributed by atoms with Crippen molar-refractivity contribution in [2.45, 2.75) is 6.10 Å². The molecule has 1 unspecified atom stereocenters. The summed E-state index contributed by atoms with van der Waals surface area (Å²) in [6, 6.07) is 0. The van der Waals surface area contributed by atoms with E-state index in [1.54, 1.807) is 0 Å². The van der Waals surface area contributed by atoms with E-state index >= 15 is 0 Å². The fraction of sp³-hybridized carbons (Fsp3) is 0.833. The molecule has 0 aromatic rings. The molecule has 0 N–H and O–H groups in total. The number of cyclic esters (lactones) is 2. The van der Waals surface area contributed by atoms with E-state index in [4.69, 9.17) is 4.74 Å². The molecular weight excluding hydrogens is 155 g/mol. The molecule has 1 heterocycles. The molecule has 0 aromatic carbocycles. The first-order valence-corrected chi connectivity index (χ1v) is 3.30. The summed E-state index contributed by atoms with van der Waals surface area (Å²) < 4.78 is 25.3. The SMILES string of the molecule is O=C1OCC(COCCF)O1. The minimum Gasteiger partial charge on any atom is -0.430 e. The molecule has 0 aromatic heterocycles. The van der Waals surface area contributed by atoms with Gasteiger partial charge in [-0.05, 0) is 0 Å². The number of hydrogen-bond donors (Lipinski definition) is 0. The second-order valence-corrected chi connectivity index (χ2v) is 2.06. The first-order chi connectivity index (χ1) is 5.33. The van der Waals surface area contributed by atoms with Gasteiger partial charge in [0.1, 0.15) is 13.3 Å². The maximum atomic E-state index is 11.5. The van der Waals surface area contributed by atoms with Gasteiger partial charge in [0.05, 0.1) is 13.2 Å². The van der Waals surface area contributed by atoms with Crippen LogP contribution in [0.1, 0.15) is 0 Å². The first kappa shape index (κ1) is 8.26. The molecule has 11 heavy (non-hydrogen) atoms. The maximum absolute atomic E-state index is 11.5. The van der Waals surface area contributed by atoms with E-state index in [1.807, 2.05) is 0 Å². The molecule has 5 heteroatoms. The lowest BCUT2D eigenvalue weighted by Gasteiger charge is -2.04. The highest BCUT2D eigenvalue weighted by molar-refractivity contribution is 5.61. The van der Waals surface area contributed by atoms with Crippen molar-refractivity contribution in [3.63, 3.8) is 0 Å².